The van der Waals surface area contributed by atoms with Gasteiger partial charge in [-0.15, -0.1) is 0 Å². The number of nitrogens with two attached hydrogens (primary N) is 1. The molecule has 3 N–H and O–H groups in total. The Morgan fingerprint density at radius 2 is 2.11 bits per heavy atom. The summed E-state index contributed by atoms with van der Waals surface area (Å²) in [6.45, 7) is 1.58. The number of fused-ring (bicyclic) bond motifs is 1. The number of rotatable bonds is 4. The first kappa shape index (κ1) is 12.8. The van der Waals surface area contributed by atoms with Gasteiger partial charge in [-0.2, -0.15) is 0 Å². The van der Waals surface area contributed by atoms with Crippen LogP contribution in [-0.4, -0.2) is 24.1 Å². The van der Waals surface area contributed by atoms with Crippen molar-refractivity contribution in [1.82, 2.24) is 9.97 Å². The lowest BCUT2D eigenvalue weighted by molar-refractivity contribution is 0.399. The Morgan fingerprint density at radius 1 is 1.42 bits per heavy atom. The van der Waals surface area contributed by atoms with Gasteiger partial charge in [-0.25, -0.2) is 18.4 Å². The maximum atomic E-state index is 11.5. The molecule has 2 unspecified atom stereocenters. The Morgan fingerprint density at radius 3 is 2.74 bits per heavy atom. The first-order valence-corrected chi connectivity index (χ1v) is 8.19. The lowest BCUT2D eigenvalue weighted by Crippen LogP contribution is -2.36. The zero-order valence-electron chi connectivity index (χ0n) is 10.8. The topological polar surface area (TPSA) is 98.0 Å². The zero-order valence-corrected chi connectivity index (χ0v) is 11.7. The molecule has 2 fully saturated rings. The minimum Gasteiger partial charge on any atom is -0.320 e. The normalized spacial score (nSPS) is 32.9. The molecule has 19 heavy (non-hydrogen) atoms. The first-order chi connectivity index (χ1) is 8.92. The van der Waals surface area contributed by atoms with E-state index in [2.05, 4.69) is 14.7 Å². The molecule has 3 rings (SSSR count). The highest BCUT2D eigenvalue weighted by molar-refractivity contribution is 7.92. The molecule has 0 saturated heterocycles. The monoisotopic (exact) mass is 282 g/mol. The molecule has 0 aromatic carbocycles. The number of nitrogens with zero attached hydrogens (tertiary/aromatic N) is 2. The molecule has 2 saturated carbocycles. The Hall–Kier alpha value is -1.21. The molecule has 104 valence electrons. The van der Waals surface area contributed by atoms with E-state index in [9.17, 15) is 8.42 Å². The van der Waals surface area contributed by atoms with Crippen LogP contribution in [0.2, 0.25) is 0 Å². The Bertz CT molecular complexity index is 592. The SMILES string of the molecule is CCS(=O)(=O)Nc1cc(C2(N)CC3CC3C2)ncn1. The Kier molecular flexibility index (Phi) is 2.79. The molecule has 0 aliphatic heterocycles. The van der Waals surface area contributed by atoms with Gasteiger partial charge in [-0.1, -0.05) is 0 Å². The summed E-state index contributed by atoms with van der Waals surface area (Å²) >= 11 is 0. The lowest BCUT2D eigenvalue weighted by Gasteiger charge is -2.25. The summed E-state index contributed by atoms with van der Waals surface area (Å²) in [6, 6.07) is 1.66. The van der Waals surface area contributed by atoms with E-state index in [1.165, 1.54) is 12.7 Å². The Labute approximate surface area is 112 Å². The van der Waals surface area contributed by atoms with E-state index in [-0.39, 0.29) is 5.75 Å². The van der Waals surface area contributed by atoms with Crippen molar-refractivity contribution < 1.29 is 8.42 Å². The van der Waals surface area contributed by atoms with Gasteiger partial charge in [0.05, 0.1) is 17.0 Å². The van der Waals surface area contributed by atoms with E-state index < -0.39 is 15.6 Å². The van der Waals surface area contributed by atoms with Crippen molar-refractivity contribution in [2.45, 2.75) is 31.7 Å². The van der Waals surface area contributed by atoms with Gasteiger partial charge in [0.2, 0.25) is 10.0 Å². The number of sulfonamides is 1. The van der Waals surface area contributed by atoms with E-state index in [1.807, 2.05) is 0 Å². The van der Waals surface area contributed by atoms with Crippen LogP contribution >= 0.6 is 0 Å². The van der Waals surface area contributed by atoms with Crippen LogP contribution in [0.3, 0.4) is 0 Å². The minimum atomic E-state index is -3.32. The second-order valence-corrected chi connectivity index (χ2v) is 7.63. The molecule has 0 bridgehead atoms. The van der Waals surface area contributed by atoms with Crippen LogP contribution in [0, 0.1) is 11.8 Å². The van der Waals surface area contributed by atoms with Crippen LogP contribution in [0.25, 0.3) is 0 Å². The average Bonchev–Trinajstić information content (AvgIpc) is 2.98. The van der Waals surface area contributed by atoms with Crippen molar-refractivity contribution in [1.29, 1.82) is 0 Å². The molecule has 7 heteroatoms. The molecule has 1 heterocycles. The van der Waals surface area contributed by atoms with Crippen molar-refractivity contribution in [3.05, 3.63) is 18.1 Å². The molecule has 2 aliphatic rings. The van der Waals surface area contributed by atoms with Gasteiger partial charge in [-0.3, -0.25) is 4.72 Å². The van der Waals surface area contributed by atoms with Crippen LogP contribution in [0.5, 0.6) is 0 Å². The maximum absolute atomic E-state index is 11.5. The smallest absolute Gasteiger partial charge is 0.233 e. The summed E-state index contributed by atoms with van der Waals surface area (Å²) in [5.74, 6) is 1.79. The Balaban J connectivity index is 1.84. The number of hydrogen-bond donors (Lipinski definition) is 2. The van der Waals surface area contributed by atoms with Crippen molar-refractivity contribution in [2.75, 3.05) is 10.5 Å². The zero-order chi connectivity index (χ0) is 13.7. The molecule has 2 aliphatic carbocycles. The molecule has 2 atom stereocenters. The fourth-order valence-corrected chi connectivity index (χ4v) is 3.53. The van der Waals surface area contributed by atoms with Gasteiger partial charge < -0.3 is 5.73 Å². The van der Waals surface area contributed by atoms with Gasteiger partial charge >= 0.3 is 0 Å². The van der Waals surface area contributed by atoms with Crippen molar-refractivity contribution in [2.24, 2.45) is 17.6 Å². The summed E-state index contributed by atoms with van der Waals surface area (Å²) in [4.78, 5) is 8.18. The van der Waals surface area contributed by atoms with Crippen LogP contribution < -0.4 is 10.5 Å². The lowest BCUT2D eigenvalue weighted by atomic mass is 9.90. The number of hydrogen-bond acceptors (Lipinski definition) is 5. The van der Waals surface area contributed by atoms with Gasteiger partial charge in [0.25, 0.3) is 0 Å². The summed E-state index contributed by atoms with van der Waals surface area (Å²) in [5, 5.41) is 0. The molecule has 6 nitrogen and oxygen atoms in total. The van der Waals surface area contributed by atoms with E-state index in [1.54, 1.807) is 13.0 Å². The highest BCUT2D eigenvalue weighted by Crippen LogP contribution is 2.58. The van der Waals surface area contributed by atoms with E-state index in [0.717, 1.165) is 30.4 Å². The molecular formula is C12H18N4O2S. The fourth-order valence-electron chi connectivity index (χ4n) is 2.96. The third-order valence-corrected chi connectivity index (χ3v) is 5.42. The van der Waals surface area contributed by atoms with Crippen molar-refractivity contribution in [3.8, 4) is 0 Å². The average molecular weight is 282 g/mol. The standard InChI is InChI=1S/C12H18N4O2S/c1-2-19(17,18)16-11-4-10(14-7-15-11)12(13)5-8-3-9(8)6-12/h4,7-9H,2-3,5-6,13H2,1H3,(H,14,15,16). The second kappa shape index (κ2) is 4.14. The number of anilines is 1. The molecule has 1 aromatic rings. The number of nitrogens with one attached hydrogen (secondary N) is 1. The third kappa shape index (κ3) is 2.44. The fraction of sp³-hybridized carbons (Fsp3) is 0.667. The molecule has 0 spiro atoms. The quantitative estimate of drug-likeness (QED) is 0.852. The molecular weight excluding hydrogens is 264 g/mol. The third-order valence-electron chi connectivity index (χ3n) is 4.14. The van der Waals surface area contributed by atoms with Gasteiger partial charge in [0.1, 0.15) is 12.1 Å². The van der Waals surface area contributed by atoms with Crippen LogP contribution in [0.4, 0.5) is 5.82 Å². The summed E-state index contributed by atoms with van der Waals surface area (Å²) < 4.78 is 25.5. The summed E-state index contributed by atoms with van der Waals surface area (Å²) in [6.07, 6.45) is 4.53. The minimum absolute atomic E-state index is 0.0181. The van der Waals surface area contributed by atoms with Gasteiger partial charge in [0, 0.05) is 6.07 Å². The van der Waals surface area contributed by atoms with E-state index in [0.29, 0.717) is 5.82 Å². The van der Waals surface area contributed by atoms with Crippen molar-refractivity contribution >= 4 is 15.8 Å². The number of aromatic nitrogens is 2. The predicted molar refractivity (Wildman–Crippen MR) is 71.8 cm³/mol. The highest BCUT2D eigenvalue weighted by atomic mass is 32.2. The molecule has 1 aromatic heterocycles. The predicted octanol–water partition coefficient (Wildman–Crippen LogP) is 0.822. The van der Waals surface area contributed by atoms with Gasteiger partial charge in [0.15, 0.2) is 0 Å². The summed E-state index contributed by atoms with van der Waals surface area (Å²) in [7, 11) is -3.32. The largest absolute Gasteiger partial charge is 0.320 e. The molecule has 0 radical (unpaired) electrons. The van der Waals surface area contributed by atoms with E-state index in [4.69, 9.17) is 5.73 Å². The van der Waals surface area contributed by atoms with Crippen LogP contribution in [-0.2, 0) is 15.6 Å². The van der Waals surface area contributed by atoms with E-state index >= 15 is 0 Å². The molecule has 0 amide bonds. The maximum Gasteiger partial charge on any atom is 0.233 e. The van der Waals surface area contributed by atoms with Crippen LogP contribution in [0.15, 0.2) is 12.4 Å². The summed E-state index contributed by atoms with van der Waals surface area (Å²) in [5.41, 5.74) is 6.72. The highest BCUT2D eigenvalue weighted by Gasteiger charge is 2.53. The second-order valence-electron chi connectivity index (χ2n) is 5.61. The first-order valence-electron chi connectivity index (χ1n) is 6.54. The van der Waals surface area contributed by atoms with Crippen molar-refractivity contribution in [3.63, 3.8) is 0 Å². The van der Waals surface area contributed by atoms with Crippen LogP contribution in [0.1, 0.15) is 31.9 Å². The van der Waals surface area contributed by atoms with Gasteiger partial charge in [-0.05, 0) is 38.0 Å².